The maximum atomic E-state index is 12.4. The van der Waals surface area contributed by atoms with Crippen LogP contribution in [0.15, 0.2) is 29.1 Å². The molecule has 0 N–H and O–H groups in total. The van der Waals surface area contributed by atoms with Crippen molar-refractivity contribution in [2.24, 2.45) is 7.05 Å². The first kappa shape index (κ1) is 11.5. The number of para-hydroxylation sites is 2. The first-order chi connectivity index (χ1) is 8.68. The molecule has 0 unspecified atom stereocenters. The summed E-state index contributed by atoms with van der Waals surface area (Å²) in [6, 6.07) is 8.41. The number of hydrogen-bond donors (Lipinski definition) is 0. The highest BCUT2D eigenvalue weighted by atomic mass is 16.1. The molecule has 0 aliphatic carbocycles. The van der Waals surface area contributed by atoms with Gasteiger partial charge in [0, 0.05) is 13.1 Å². The van der Waals surface area contributed by atoms with Gasteiger partial charge in [0.1, 0.15) is 0 Å². The molecule has 2 aromatic rings. The van der Waals surface area contributed by atoms with Gasteiger partial charge in [0.25, 0.3) is 0 Å². The molecule has 0 atom stereocenters. The van der Waals surface area contributed by atoms with Crippen LogP contribution in [0.1, 0.15) is 18.9 Å². The van der Waals surface area contributed by atoms with Crippen LogP contribution >= 0.6 is 0 Å². The average molecular weight is 245 g/mol. The second kappa shape index (κ2) is 4.28. The largest absolute Gasteiger partial charge is 0.329 e. The Morgan fingerprint density at radius 1 is 1.06 bits per heavy atom. The van der Waals surface area contributed by atoms with Crippen molar-refractivity contribution in [3.05, 3.63) is 34.7 Å². The van der Waals surface area contributed by atoms with Crippen LogP contribution in [0.5, 0.6) is 0 Å². The van der Waals surface area contributed by atoms with Gasteiger partial charge in [-0.1, -0.05) is 12.1 Å². The lowest BCUT2D eigenvalue weighted by Crippen LogP contribution is -2.35. The van der Waals surface area contributed by atoms with Gasteiger partial charge >= 0.3 is 5.69 Å². The molecule has 1 fully saturated rings. The van der Waals surface area contributed by atoms with Crippen molar-refractivity contribution in [2.45, 2.75) is 18.9 Å². The molecule has 0 radical (unpaired) electrons. The SMILES string of the molecule is CN1CCC(n2c(=O)n(C)c3ccccc32)CC1. The van der Waals surface area contributed by atoms with E-state index < -0.39 is 0 Å². The van der Waals surface area contributed by atoms with Crippen molar-refractivity contribution in [1.82, 2.24) is 14.0 Å². The third kappa shape index (κ3) is 1.68. The third-order valence-electron chi connectivity index (χ3n) is 4.05. The summed E-state index contributed by atoms with van der Waals surface area (Å²) in [6.07, 6.45) is 2.12. The van der Waals surface area contributed by atoms with Gasteiger partial charge in [-0.25, -0.2) is 4.79 Å². The molecule has 18 heavy (non-hydrogen) atoms. The van der Waals surface area contributed by atoms with Crippen molar-refractivity contribution in [3.8, 4) is 0 Å². The van der Waals surface area contributed by atoms with E-state index in [-0.39, 0.29) is 5.69 Å². The Labute approximate surface area is 106 Å². The molecule has 1 saturated heterocycles. The lowest BCUT2D eigenvalue weighted by atomic mass is 10.1. The Balaban J connectivity index is 2.11. The Morgan fingerprint density at radius 3 is 2.33 bits per heavy atom. The fourth-order valence-electron chi connectivity index (χ4n) is 2.93. The summed E-state index contributed by atoms with van der Waals surface area (Å²) < 4.78 is 3.75. The van der Waals surface area contributed by atoms with Gasteiger partial charge in [-0.3, -0.25) is 9.13 Å². The summed E-state index contributed by atoms with van der Waals surface area (Å²) in [6.45, 7) is 2.14. The number of imidazole rings is 1. The first-order valence-electron chi connectivity index (χ1n) is 6.53. The molecule has 1 aromatic heterocycles. The summed E-state index contributed by atoms with van der Waals surface area (Å²) in [7, 11) is 4.00. The number of rotatable bonds is 1. The van der Waals surface area contributed by atoms with Crippen LogP contribution in [0.3, 0.4) is 0 Å². The molecule has 0 bridgehead atoms. The van der Waals surface area contributed by atoms with Gasteiger partial charge < -0.3 is 4.90 Å². The summed E-state index contributed by atoms with van der Waals surface area (Å²) in [5, 5.41) is 0. The summed E-state index contributed by atoms with van der Waals surface area (Å²) in [5.41, 5.74) is 2.21. The smallest absolute Gasteiger partial charge is 0.306 e. The quantitative estimate of drug-likeness (QED) is 0.764. The molecule has 1 aromatic carbocycles. The minimum Gasteiger partial charge on any atom is -0.306 e. The van der Waals surface area contributed by atoms with Crippen LogP contribution in [-0.4, -0.2) is 34.2 Å². The van der Waals surface area contributed by atoms with Crippen LogP contribution in [-0.2, 0) is 7.05 Å². The Bertz CT molecular complexity index is 617. The van der Waals surface area contributed by atoms with Gasteiger partial charge in [0.2, 0.25) is 0 Å². The molecule has 2 heterocycles. The van der Waals surface area contributed by atoms with Crippen LogP contribution in [0.25, 0.3) is 11.0 Å². The van der Waals surface area contributed by atoms with E-state index in [4.69, 9.17) is 0 Å². The molecule has 96 valence electrons. The predicted octanol–water partition coefficient (Wildman–Crippen LogP) is 1.61. The lowest BCUT2D eigenvalue weighted by molar-refractivity contribution is 0.221. The normalized spacial score (nSPS) is 18.6. The van der Waals surface area contributed by atoms with Crippen molar-refractivity contribution < 1.29 is 0 Å². The van der Waals surface area contributed by atoms with Crippen LogP contribution in [0.2, 0.25) is 0 Å². The monoisotopic (exact) mass is 245 g/mol. The topological polar surface area (TPSA) is 30.2 Å². The Kier molecular flexibility index (Phi) is 2.74. The van der Waals surface area contributed by atoms with E-state index in [0.29, 0.717) is 6.04 Å². The number of hydrogen-bond acceptors (Lipinski definition) is 2. The Morgan fingerprint density at radius 2 is 1.67 bits per heavy atom. The molecule has 0 spiro atoms. The van der Waals surface area contributed by atoms with Crippen LogP contribution < -0.4 is 5.69 Å². The lowest BCUT2D eigenvalue weighted by Gasteiger charge is -2.29. The molecule has 1 aliphatic rings. The summed E-state index contributed by atoms with van der Waals surface area (Å²) in [4.78, 5) is 14.7. The van der Waals surface area contributed by atoms with Crippen LogP contribution in [0.4, 0.5) is 0 Å². The fraction of sp³-hybridized carbons (Fsp3) is 0.500. The minimum absolute atomic E-state index is 0.116. The van der Waals surface area contributed by atoms with E-state index in [2.05, 4.69) is 18.0 Å². The second-order valence-corrected chi connectivity index (χ2v) is 5.23. The minimum atomic E-state index is 0.116. The van der Waals surface area contributed by atoms with Gasteiger partial charge in [0.05, 0.1) is 11.0 Å². The zero-order chi connectivity index (χ0) is 12.7. The van der Waals surface area contributed by atoms with E-state index in [1.807, 2.05) is 29.8 Å². The maximum Gasteiger partial charge on any atom is 0.329 e. The van der Waals surface area contributed by atoms with E-state index in [9.17, 15) is 4.79 Å². The number of aryl methyl sites for hydroxylation is 1. The number of benzene rings is 1. The summed E-state index contributed by atoms with van der Waals surface area (Å²) >= 11 is 0. The number of nitrogens with zero attached hydrogens (tertiary/aromatic N) is 3. The molecular weight excluding hydrogens is 226 g/mol. The number of aromatic nitrogens is 2. The van der Waals surface area contributed by atoms with E-state index >= 15 is 0 Å². The number of fused-ring (bicyclic) bond motifs is 1. The van der Waals surface area contributed by atoms with Crippen molar-refractivity contribution >= 4 is 11.0 Å². The Hall–Kier alpha value is -1.55. The van der Waals surface area contributed by atoms with E-state index in [1.165, 1.54) is 0 Å². The zero-order valence-electron chi connectivity index (χ0n) is 11.0. The maximum absolute atomic E-state index is 12.4. The van der Waals surface area contributed by atoms with Gasteiger partial charge in [-0.05, 0) is 45.1 Å². The molecule has 4 nitrogen and oxygen atoms in total. The number of piperidine rings is 1. The first-order valence-corrected chi connectivity index (χ1v) is 6.53. The number of likely N-dealkylation sites (tertiary alicyclic amines) is 1. The zero-order valence-corrected chi connectivity index (χ0v) is 11.0. The molecular formula is C14H19N3O. The third-order valence-corrected chi connectivity index (χ3v) is 4.05. The van der Waals surface area contributed by atoms with Crippen LogP contribution in [0, 0.1) is 0 Å². The van der Waals surface area contributed by atoms with Gasteiger partial charge in [-0.2, -0.15) is 0 Å². The van der Waals surface area contributed by atoms with Crippen molar-refractivity contribution in [2.75, 3.05) is 20.1 Å². The molecule has 0 amide bonds. The average Bonchev–Trinajstić information content (AvgIpc) is 2.64. The standard InChI is InChI=1S/C14H19N3O/c1-15-9-7-11(8-10-15)17-13-6-4-3-5-12(13)16(2)14(17)18/h3-6,11H,7-10H2,1-2H3. The molecule has 4 heteroatoms. The van der Waals surface area contributed by atoms with Gasteiger partial charge in [-0.15, -0.1) is 0 Å². The second-order valence-electron chi connectivity index (χ2n) is 5.23. The van der Waals surface area contributed by atoms with Crippen molar-refractivity contribution in [1.29, 1.82) is 0 Å². The molecule has 3 rings (SSSR count). The predicted molar refractivity (Wildman–Crippen MR) is 72.9 cm³/mol. The highest BCUT2D eigenvalue weighted by Crippen LogP contribution is 2.24. The summed E-state index contributed by atoms with van der Waals surface area (Å²) in [5.74, 6) is 0. The van der Waals surface area contributed by atoms with Gasteiger partial charge in [0.15, 0.2) is 0 Å². The molecule has 1 aliphatic heterocycles. The molecule has 0 saturated carbocycles. The highest BCUT2D eigenvalue weighted by Gasteiger charge is 2.22. The van der Waals surface area contributed by atoms with E-state index in [0.717, 1.165) is 37.0 Å². The highest BCUT2D eigenvalue weighted by molar-refractivity contribution is 5.76. The van der Waals surface area contributed by atoms with E-state index in [1.54, 1.807) is 4.57 Å². The van der Waals surface area contributed by atoms with Crippen molar-refractivity contribution in [3.63, 3.8) is 0 Å². The fourth-order valence-corrected chi connectivity index (χ4v) is 2.93.